The highest BCUT2D eigenvalue weighted by Crippen LogP contribution is 2.18. The van der Waals surface area contributed by atoms with E-state index < -0.39 is 12.0 Å². The van der Waals surface area contributed by atoms with Gasteiger partial charge in [0.05, 0.1) is 0 Å². The molecule has 92 valence electrons. The number of hydrogen-bond acceptors (Lipinski definition) is 3. The third-order valence-electron chi connectivity index (χ3n) is 2.74. The van der Waals surface area contributed by atoms with Crippen molar-refractivity contribution in [3.8, 4) is 0 Å². The quantitative estimate of drug-likeness (QED) is 0.802. The number of carbonyl (C=O) groups excluding carboxylic acids is 1. The smallest absolute Gasteiger partial charge is 0.326 e. The summed E-state index contributed by atoms with van der Waals surface area (Å²) >= 11 is 1.67. The zero-order valence-electron chi connectivity index (χ0n) is 9.68. The molecule has 16 heavy (non-hydrogen) atoms. The molecule has 6 heteroatoms. The number of carbonyl (C=O) groups is 2. The van der Waals surface area contributed by atoms with E-state index in [1.165, 1.54) is 4.90 Å². The number of thioether (sulfide) groups is 1. The van der Waals surface area contributed by atoms with Gasteiger partial charge in [-0.25, -0.2) is 9.59 Å². The molecule has 0 aliphatic carbocycles. The first kappa shape index (κ1) is 13.2. The van der Waals surface area contributed by atoms with E-state index in [4.69, 9.17) is 5.11 Å². The Hall–Kier alpha value is -0.910. The second-order valence-corrected chi connectivity index (χ2v) is 4.87. The minimum absolute atomic E-state index is 0.168. The fourth-order valence-corrected chi connectivity index (χ4v) is 2.25. The van der Waals surface area contributed by atoms with Gasteiger partial charge in [0, 0.05) is 25.9 Å². The number of carboxylic acids is 1. The third-order valence-corrected chi connectivity index (χ3v) is 3.33. The number of urea groups is 1. The molecule has 0 radical (unpaired) electrons. The standard InChI is InChI=1S/C10H18N2O3S/c1-11(6-7-16-2)10(15)12-5-3-4-8(12)9(13)14/h8H,3-7H2,1-2H3,(H,13,14). The predicted octanol–water partition coefficient (Wildman–Crippen LogP) is 0.950. The van der Waals surface area contributed by atoms with Gasteiger partial charge >= 0.3 is 12.0 Å². The van der Waals surface area contributed by atoms with E-state index in [-0.39, 0.29) is 6.03 Å². The average molecular weight is 246 g/mol. The summed E-state index contributed by atoms with van der Waals surface area (Å²) in [6, 6.07) is -0.803. The van der Waals surface area contributed by atoms with Gasteiger partial charge in [0.25, 0.3) is 0 Å². The molecule has 0 spiro atoms. The molecule has 1 aliphatic heterocycles. The van der Waals surface area contributed by atoms with Crippen LogP contribution in [0, 0.1) is 0 Å². The summed E-state index contributed by atoms with van der Waals surface area (Å²) in [5.41, 5.74) is 0. The van der Waals surface area contributed by atoms with Crippen LogP contribution in [-0.2, 0) is 4.79 Å². The Kier molecular flexibility index (Phi) is 4.92. The van der Waals surface area contributed by atoms with E-state index >= 15 is 0 Å². The molecule has 0 aromatic carbocycles. The molecular weight excluding hydrogens is 228 g/mol. The molecule has 1 fully saturated rings. The number of aliphatic carboxylic acids is 1. The van der Waals surface area contributed by atoms with Crippen molar-refractivity contribution in [3.05, 3.63) is 0 Å². The normalized spacial score (nSPS) is 19.9. The van der Waals surface area contributed by atoms with Gasteiger partial charge in [0.2, 0.25) is 0 Å². The van der Waals surface area contributed by atoms with Crippen LogP contribution in [0.1, 0.15) is 12.8 Å². The van der Waals surface area contributed by atoms with Crippen molar-refractivity contribution in [2.24, 2.45) is 0 Å². The largest absolute Gasteiger partial charge is 0.480 e. The molecular formula is C10H18N2O3S. The van der Waals surface area contributed by atoms with E-state index in [0.717, 1.165) is 12.2 Å². The highest BCUT2D eigenvalue weighted by molar-refractivity contribution is 7.98. The Morgan fingerprint density at radius 1 is 1.56 bits per heavy atom. The Balaban J connectivity index is 2.55. The van der Waals surface area contributed by atoms with Crippen LogP contribution < -0.4 is 0 Å². The molecule has 2 amide bonds. The van der Waals surface area contributed by atoms with Gasteiger partial charge in [-0.3, -0.25) is 0 Å². The van der Waals surface area contributed by atoms with Gasteiger partial charge in [0.15, 0.2) is 0 Å². The third kappa shape index (κ3) is 3.04. The molecule has 0 aromatic heterocycles. The summed E-state index contributed by atoms with van der Waals surface area (Å²) < 4.78 is 0. The first-order valence-corrected chi connectivity index (χ1v) is 6.70. The van der Waals surface area contributed by atoms with Gasteiger partial charge in [0.1, 0.15) is 6.04 Å². The van der Waals surface area contributed by atoms with Gasteiger partial charge in [-0.2, -0.15) is 11.8 Å². The minimum Gasteiger partial charge on any atom is -0.480 e. The van der Waals surface area contributed by atoms with Crippen molar-refractivity contribution < 1.29 is 14.7 Å². The number of rotatable bonds is 4. The van der Waals surface area contributed by atoms with Crippen molar-refractivity contribution in [2.45, 2.75) is 18.9 Å². The summed E-state index contributed by atoms with van der Waals surface area (Å²) in [4.78, 5) is 25.9. The van der Waals surface area contributed by atoms with Crippen molar-refractivity contribution >= 4 is 23.8 Å². The maximum Gasteiger partial charge on any atom is 0.326 e. The molecule has 0 saturated carbocycles. The maximum atomic E-state index is 11.9. The summed E-state index contributed by atoms with van der Waals surface area (Å²) in [7, 11) is 1.72. The molecule has 1 saturated heterocycles. The van der Waals surface area contributed by atoms with Crippen LogP contribution >= 0.6 is 11.8 Å². The fourth-order valence-electron chi connectivity index (χ4n) is 1.80. The van der Waals surface area contributed by atoms with Crippen molar-refractivity contribution in [1.82, 2.24) is 9.80 Å². The number of amides is 2. The summed E-state index contributed by atoms with van der Waals surface area (Å²) in [6.45, 7) is 1.21. The van der Waals surface area contributed by atoms with Crippen LogP contribution in [0.25, 0.3) is 0 Å². The molecule has 1 rings (SSSR count). The van der Waals surface area contributed by atoms with Crippen molar-refractivity contribution in [2.75, 3.05) is 32.1 Å². The molecule has 0 bridgehead atoms. The first-order valence-electron chi connectivity index (χ1n) is 5.31. The lowest BCUT2D eigenvalue weighted by Crippen LogP contribution is -2.47. The number of carboxylic acid groups (broad SMARTS) is 1. The second-order valence-electron chi connectivity index (χ2n) is 3.89. The Morgan fingerprint density at radius 2 is 2.25 bits per heavy atom. The lowest BCUT2D eigenvalue weighted by atomic mass is 10.2. The molecule has 5 nitrogen and oxygen atoms in total. The first-order chi connectivity index (χ1) is 7.57. The molecule has 1 N–H and O–H groups in total. The summed E-state index contributed by atoms with van der Waals surface area (Å²) in [5, 5.41) is 8.97. The van der Waals surface area contributed by atoms with Crippen LogP contribution in [0.3, 0.4) is 0 Å². The number of nitrogens with zero attached hydrogens (tertiary/aromatic N) is 2. The summed E-state index contributed by atoms with van der Waals surface area (Å²) in [6.07, 6.45) is 3.32. The molecule has 1 aliphatic rings. The van der Waals surface area contributed by atoms with Gasteiger partial charge in [-0.1, -0.05) is 0 Å². The number of hydrogen-bond donors (Lipinski definition) is 1. The molecule has 1 atom stereocenters. The number of likely N-dealkylation sites (tertiary alicyclic amines) is 1. The lowest BCUT2D eigenvalue weighted by Gasteiger charge is -2.27. The van der Waals surface area contributed by atoms with Crippen LogP contribution in [-0.4, -0.2) is 65.1 Å². The molecule has 0 aromatic rings. The van der Waals surface area contributed by atoms with Crippen molar-refractivity contribution in [3.63, 3.8) is 0 Å². The van der Waals surface area contributed by atoms with E-state index in [2.05, 4.69) is 0 Å². The van der Waals surface area contributed by atoms with Crippen LogP contribution in [0.15, 0.2) is 0 Å². The van der Waals surface area contributed by atoms with E-state index in [1.807, 2.05) is 6.26 Å². The molecule has 1 unspecified atom stereocenters. The average Bonchev–Trinajstić information content (AvgIpc) is 2.73. The zero-order valence-corrected chi connectivity index (χ0v) is 10.5. The fraction of sp³-hybridized carbons (Fsp3) is 0.800. The monoisotopic (exact) mass is 246 g/mol. The molecule has 1 heterocycles. The SMILES string of the molecule is CSCCN(C)C(=O)N1CCCC1C(=O)O. The Labute approximate surface area is 99.8 Å². The highest BCUT2D eigenvalue weighted by atomic mass is 32.2. The maximum absolute atomic E-state index is 11.9. The minimum atomic E-state index is -0.899. The van der Waals surface area contributed by atoms with Gasteiger partial charge in [-0.05, 0) is 19.1 Å². The van der Waals surface area contributed by atoms with Crippen LogP contribution in [0.5, 0.6) is 0 Å². The van der Waals surface area contributed by atoms with Crippen LogP contribution in [0.4, 0.5) is 4.79 Å². The topological polar surface area (TPSA) is 60.9 Å². The Morgan fingerprint density at radius 3 is 2.81 bits per heavy atom. The van der Waals surface area contributed by atoms with E-state index in [0.29, 0.717) is 19.5 Å². The van der Waals surface area contributed by atoms with Gasteiger partial charge in [-0.15, -0.1) is 0 Å². The lowest BCUT2D eigenvalue weighted by molar-refractivity contribution is -0.141. The van der Waals surface area contributed by atoms with Gasteiger partial charge < -0.3 is 14.9 Å². The predicted molar refractivity (Wildman–Crippen MR) is 63.8 cm³/mol. The second kappa shape index (κ2) is 5.98. The Bertz CT molecular complexity index is 273. The van der Waals surface area contributed by atoms with Crippen LogP contribution in [0.2, 0.25) is 0 Å². The van der Waals surface area contributed by atoms with Crippen molar-refractivity contribution in [1.29, 1.82) is 0 Å². The summed E-state index contributed by atoms with van der Waals surface area (Å²) in [5.74, 6) is -0.0301. The van der Waals surface area contributed by atoms with E-state index in [9.17, 15) is 9.59 Å². The van der Waals surface area contributed by atoms with E-state index in [1.54, 1.807) is 23.7 Å². The zero-order chi connectivity index (χ0) is 12.1. The highest BCUT2D eigenvalue weighted by Gasteiger charge is 2.35.